The summed E-state index contributed by atoms with van der Waals surface area (Å²) >= 11 is 0. The van der Waals surface area contributed by atoms with E-state index in [1.807, 2.05) is 24.3 Å². The highest BCUT2D eigenvalue weighted by Crippen LogP contribution is 2.45. The molecule has 0 saturated heterocycles. The van der Waals surface area contributed by atoms with Crippen LogP contribution in [0.1, 0.15) is 0 Å². The van der Waals surface area contributed by atoms with Crippen molar-refractivity contribution in [1.29, 1.82) is 0 Å². The van der Waals surface area contributed by atoms with Gasteiger partial charge in [0, 0.05) is 38.1 Å². The van der Waals surface area contributed by atoms with E-state index in [-0.39, 0.29) is 0 Å². The van der Waals surface area contributed by atoms with Crippen molar-refractivity contribution in [3.63, 3.8) is 0 Å². The molecule has 4 heteroatoms. The summed E-state index contributed by atoms with van der Waals surface area (Å²) in [5, 5.41) is 8.07. The van der Waals surface area contributed by atoms with E-state index in [1.165, 1.54) is 32.7 Å². The van der Waals surface area contributed by atoms with Gasteiger partial charge in [0.05, 0.1) is 22.2 Å². The van der Waals surface area contributed by atoms with Crippen molar-refractivity contribution in [2.75, 3.05) is 0 Å². The molecule has 0 aliphatic heterocycles. The molecule has 0 amide bonds. The first-order chi connectivity index (χ1) is 24.8. The van der Waals surface area contributed by atoms with Crippen molar-refractivity contribution in [3.05, 3.63) is 164 Å². The van der Waals surface area contributed by atoms with Gasteiger partial charge in [-0.15, -0.1) is 0 Å². The van der Waals surface area contributed by atoms with Gasteiger partial charge in [-0.25, -0.2) is 9.97 Å². The Hall–Kier alpha value is -6.78. The second-order valence-electron chi connectivity index (χ2n) is 12.9. The van der Waals surface area contributed by atoms with Gasteiger partial charge >= 0.3 is 0 Å². The van der Waals surface area contributed by atoms with Crippen LogP contribution in [-0.2, 0) is 0 Å². The van der Waals surface area contributed by atoms with Crippen molar-refractivity contribution in [2.24, 2.45) is 0 Å². The van der Waals surface area contributed by atoms with Gasteiger partial charge in [-0.2, -0.15) is 0 Å². The fraction of sp³-hybridized carbons (Fsp3) is 0. The van der Waals surface area contributed by atoms with Crippen LogP contribution >= 0.6 is 0 Å². The fourth-order valence-electron chi connectivity index (χ4n) is 7.93. The maximum Gasteiger partial charge on any atom is 0.235 e. The lowest BCUT2D eigenvalue weighted by Crippen LogP contribution is -2.03. The number of fused-ring (bicyclic) bond motifs is 4. The predicted molar refractivity (Wildman–Crippen MR) is 206 cm³/mol. The first-order valence-corrected chi connectivity index (χ1v) is 16.9. The molecular weight excluding hydrogens is 611 g/mol. The van der Waals surface area contributed by atoms with Gasteiger partial charge in [-0.1, -0.05) is 140 Å². The van der Waals surface area contributed by atoms with Crippen LogP contribution in [-0.4, -0.2) is 14.5 Å². The van der Waals surface area contributed by atoms with Gasteiger partial charge in [0.25, 0.3) is 0 Å². The zero-order valence-corrected chi connectivity index (χ0v) is 26.8. The van der Waals surface area contributed by atoms with E-state index < -0.39 is 0 Å². The molecule has 0 atom stereocenters. The summed E-state index contributed by atoms with van der Waals surface area (Å²) in [6.07, 6.45) is 0. The highest BCUT2D eigenvalue weighted by molar-refractivity contribution is 6.27. The quantitative estimate of drug-likeness (QED) is 0.180. The molecule has 0 spiro atoms. The summed E-state index contributed by atoms with van der Waals surface area (Å²) in [5.41, 5.74) is 11.5. The van der Waals surface area contributed by atoms with E-state index in [9.17, 15) is 0 Å². The molecule has 0 radical (unpaired) electrons. The number of hydrogen-bond donors (Lipinski definition) is 0. The standard InChI is InChI=1S/C46H27N3O/c1-2-10-28(11-3-1)29-20-22-31(23-21-29)44-37-14-4-6-17-38(37)47-46(48-44)49-39-18-8-12-30-24-25-34-32(26-27-40(49)43(34)42(30)39)35-15-9-16-36-33-13-5-7-19-41(33)50-45(35)36/h1-27H. The maximum atomic E-state index is 6.51. The lowest BCUT2D eigenvalue weighted by atomic mass is 9.94. The normalized spacial score (nSPS) is 12.0. The summed E-state index contributed by atoms with van der Waals surface area (Å²) in [7, 11) is 0. The van der Waals surface area contributed by atoms with E-state index in [2.05, 4.69) is 144 Å². The lowest BCUT2D eigenvalue weighted by molar-refractivity contribution is 0.670. The predicted octanol–water partition coefficient (Wildman–Crippen LogP) is 12.2. The molecule has 50 heavy (non-hydrogen) atoms. The Morgan fingerprint density at radius 3 is 2.04 bits per heavy atom. The van der Waals surface area contributed by atoms with Gasteiger partial charge in [0.2, 0.25) is 5.95 Å². The number of nitrogens with zero attached hydrogens (tertiary/aromatic N) is 3. The van der Waals surface area contributed by atoms with Crippen LogP contribution in [0.3, 0.4) is 0 Å². The molecule has 0 unspecified atom stereocenters. The second kappa shape index (κ2) is 10.4. The monoisotopic (exact) mass is 637 g/mol. The Bertz CT molecular complexity index is 3080. The molecule has 4 nitrogen and oxygen atoms in total. The van der Waals surface area contributed by atoms with Crippen LogP contribution in [0.5, 0.6) is 0 Å². The topological polar surface area (TPSA) is 43.9 Å². The fourth-order valence-corrected chi connectivity index (χ4v) is 7.93. The van der Waals surface area contributed by atoms with Gasteiger partial charge in [-0.3, -0.25) is 4.57 Å². The molecule has 11 aromatic rings. The maximum absolute atomic E-state index is 6.51. The highest BCUT2D eigenvalue weighted by Gasteiger charge is 2.22. The molecule has 0 N–H and O–H groups in total. The second-order valence-corrected chi connectivity index (χ2v) is 12.9. The first-order valence-electron chi connectivity index (χ1n) is 16.9. The van der Waals surface area contributed by atoms with Crippen molar-refractivity contribution < 1.29 is 4.42 Å². The van der Waals surface area contributed by atoms with Crippen molar-refractivity contribution in [2.45, 2.75) is 0 Å². The number of furan rings is 1. The molecule has 0 bridgehead atoms. The summed E-state index contributed by atoms with van der Waals surface area (Å²) in [5.74, 6) is 0.656. The number of para-hydroxylation sites is 3. The molecule has 3 aromatic heterocycles. The molecular formula is C46H27N3O. The minimum Gasteiger partial charge on any atom is -0.455 e. The van der Waals surface area contributed by atoms with Gasteiger partial charge in [0.15, 0.2) is 0 Å². The minimum absolute atomic E-state index is 0.656. The molecule has 0 aliphatic rings. The Labute approximate surface area is 286 Å². The van der Waals surface area contributed by atoms with Crippen LogP contribution in [0.25, 0.3) is 105 Å². The van der Waals surface area contributed by atoms with Gasteiger partial charge < -0.3 is 4.42 Å². The highest BCUT2D eigenvalue weighted by atomic mass is 16.3. The van der Waals surface area contributed by atoms with Crippen molar-refractivity contribution in [3.8, 4) is 39.5 Å². The Morgan fingerprint density at radius 2 is 1.14 bits per heavy atom. The minimum atomic E-state index is 0.656. The smallest absolute Gasteiger partial charge is 0.235 e. The summed E-state index contributed by atoms with van der Waals surface area (Å²) in [6, 6.07) is 57.7. The summed E-state index contributed by atoms with van der Waals surface area (Å²) in [4.78, 5) is 10.6. The number of aromatic nitrogens is 3. The van der Waals surface area contributed by atoms with E-state index in [1.54, 1.807) is 0 Å². The Morgan fingerprint density at radius 1 is 0.420 bits per heavy atom. The third-order valence-electron chi connectivity index (χ3n) is 10.2. The first kappa shape index (κ1) is 27.2. The average Bonchev–Trinajstić information content (AvgIpc) is 3.74. The van der Waals surface area contributed by atoms with Crippen LogP contribution in [0.2, 0.25) is 0 Å². The average molecular weight is 638 g/mol. The van der Waals surface area contributed by atoms with Crippen LogP contribution in [0, 0.1) is 0 Å². The van der Waals surface area contributed by atoms with Crippen LogP contribution < -0.4 is 0 Å². The third-order valence-corrected chi connectivity index (χ3v) is 10.2. The molecule has 0 fully saturated rings. The van der Waals surface area contributed by atoms with Crippen molar-refractivity contribution >= 4 is 65.4 Å². The van der Waals surface area contributed by atoms with Crippen LogP contribution in [0.15, 0.2) is 168 Å². The molecule has 0 saturated carbocycles. The SMILES string of the molecule is c1ccc(-c2ccc(-c3nc(-n4c5cccc6ccc7c(-c8cccc9c8oc8ccccc89)ccc4c7c65)nc4ccccc34)cc2)cc1. The number of benzene rings is 8. The molecule has 232 valence electrons. The molecule has 3 heterocycles. The largest absolute Gasteiger partial charge is 0.455 e. The number of rotatable bonds is 4. The van der Waals surface area contributed by atoms with Gasteiger partial charge in [0.1, 0.15) is 11.2 Å². The van der Waals surface area contributed by atoms with E-state index >= 15 is 0 Å². The molecule has 8 aromatic carbocycles. The zero-order valence-electron chi connectivity index (χ0n) is 26.8. The Balaban J connectivity index is 1.16. The zero-order chi connectivity index (χ0) is 32.8. The van der Waals surface area contributed by atoms with Gasteiger partial charge in [-0.05, 0) is 51.7 Å². The third kappa shape index (κ3) is 3.87. The number of hydrogen-bond acceptors (Lipinski definition) is 3. The molecule has 11 rings (SSSR count). The van der Waals surface area contributed by atoms with E-state index in [4.69, 9.17) is 14.4 Å². The Kier molecular flexibility index (Phi) is 5.63. The van der Waals surface area contributed by atoms with Crippen molar-refractivity contribution in [1.82, 2.24) is 14.5 Å². The summed E-state index contributed by atoms with van der Waals surface area (Å²) < 4.78 is 8.75. The van der Waals surface area contributed by atoms with E-state index in [0.29, 0.717) is 5.95 Å². The van der Waals surface area contributed by atoms with E-state index in [0.717, 1.165) is 66.3 Å². The lowest BCUT2D eigenvalue weighted by Gasteiger charge is -2.12. The van der Waals surface area contributed by atoms with Crippen LogP contribution in [0.4, 0.5) is 0 Å². The molecule has 0 aliphatic carbocycles. The summed E-state index contributed by atoms with van der Waals surface area (Å²) in [6.45, 7) is 0.